The van der Waals surface area contributed by atoms with E-state index in [1.54, 1.807) is 6.92 Å². The van der Waals surface area contributed by atoms with Gasteiger partial charge in [-0.1, -0.05) is 0 Å². The molecule has 9 heteroatoms. The summed E-state index contributed by atoms with van der Waals surface area (Å²) in [6, 6.07) is 1.56. The fraction of sp³-hybridized carbons (Fsp3) is 0.583. The van der Waals surface area contributed by atoms with Crippen molar-refractivity contribution in [2.24, 2.45) is 0 Å². The average molecular weight is 315 g/mol. The molecule has 1 rings (SSSR count). The van der Waals surface area contributed by atoms with Crippen LogP contribution >= 0.6 is 0 Å². The Bertz CT molecular complexity index is 469. The Hall–Kier alpha value is -1.67. The van der Waals surface area contributed by atoms with E-state index >= 15 is 0 Å². The molecular formula is C12H15F6N3. The molecule has 0 aliphatic rings. The van der Waals surface area contributed by atoms with Crippen LogP contribution in [0.4, 0.5) is 38.0 Å². The largest absolute Gasteiger partial charge is 0.416 e. The van der Waals surface area contributed by atoms with Crippen molar-refractivity contribution in [2.45, 2.75) is 25.7 Å². The molecule has 1 heterocycles. The van der Waals surface area contributed by atoms with E-state index in [2.05, 4.69) is 10.3 Å². The molecule has 0 aromatic carbocycles. The zero-order chi connectivity index (χ0) is 16.3. The summed E-state index contributed by atoms with van der Waals surface area (Å²) >= 11 is 0. The van der Waals surface area contributed by atoms with Crippen molar-refractivity contribution in [1.29, 1.82) is 0 Å². The van der Waals surface area contributed by atoms with E-state index in [0.717, 1.165) is 17.0 Å². The van der Waals surface area contributed by atoms with Gasteiger partial charge in [0.25, 0.3) is 0 Å². The van der Waals surface area contributed by atoms with Crippen LogP contribution in [-0.4, -0.2) is 31.3 Å². The van der Waals surface area contributed by atoms with Crippen LogP contribution in [0.5, 0.6) is 0 Å². The van der Waals surface area contributed by atoms with Gasteiger partial charge in [-0.3, -0.25) is 0 Å². The van der Waals surface area contributed by atoms with E-state index in [0.29, 0.717) is 6.54 Å². The highest BCUT2D eigenvalue weighted by Gasteiger charge is 2.32. The molecule has 1 N–H and O–H groups in total. The Morgan fingerprint density at radius 1 is 1.14 bits per heavy atom. The molecule has 0 unspecified atom stereocenters. The third-order valence-corrected chi connectivity index (χ3v) is 2.62. The summed E-state index contributed by atoms with van der Waals surface area (Å²) in [4.78, 5) is 4.93. The van der Waals surface area contributed by atoms with Crippen LogP contribution in [0.2, 0.25) is 0 Å². The van der Waals surface area contributed by atoms with Gasteiger partial charge in [0.1, 0.15) is 11.6 Å². The van der Waals surface area contributed by atoms with Crippen molar-refractivity contribution in [3.8, 4) is 0 Å². The minimum absolute atomic E-state index is 0.0267. The fourth-order valence-corrected chi connectivity index (χ4v) is 1.56. The summed E-state index contributed by atoms with van der Waals surface area (Å²) in [5, 5.41) is 2.63. The lowest BCUT2D eigenvalue weighted by atomic mass is 10.2. The maximum absolute atomic E-state index is 12.8. The normalized spacial score (nSPS) is 12.4. The molecule has 0 fully saturated rings. The lowest BCUT2D eigenvalue weighted by molar-refractivity contribution is -0.137. The van der Waals surface area contributed by atoms with Gasteiger partial charge in [-0.15, -0.1) is 0 Å². The molecule has 0 atom stereocenters. The van der Waals surface area contributed by atoms with Crippen LogP contribution in [0.15, 0.2) is 12.1 Å². The first-order valence-corrected chi connectivity index (χ1v) is 6.14. The monoisotopic (exact) mass is 315 g/mol. The van der Waals surface area contributed by atoms with E-state index in [4.69, 9.17) is 0 Å². The molecule has 0 radical (unpaired) electrons. The Labute approximate surface area is 118 Å². The number of aromatic nitrogens is 1. The third-order valence-electron chi connectivity index (χ3n) is 2.62. The predicted octanol–water partition coefficient (Wildman–Crippen LogP) is 3.92. The molecule has 0 bridgehead atoms. The molecule has 0 saturated carbocycles. The number of alkyl halides is 6. The van der Waals surface area contributed by atoms with Crippen LogP contribution in [0.3, 0.4) is 0 Å². The first-order valence-electron chi connectivity index (χ1n) is 6.14. The quantitative estimate of drug-likeness (QED) is 0.835. The molecule has 0 amide bonds. The highest BCUT2D eigenvalue weighted by molar-refractivity contribution is 5.51. The molecule has 1 aromatic heterocycles. The fourth-order valence-electron chi connectivity index (χ4n) is 1.56. The molecule has 0 spiro atoms. The number of anilines is 2. The van der Waals surface area contributed by atoms with E-state index in [1.807, 2.05) is 0 Å². The van der Waals surface area contributed by atoms with E-state index in [1.165, 1.54) is 7.05 Å². The van der Waals surface area contributed by atoms with Gasteiger partial charge in [0.15, 0.2) is 0 Å². The van der Waals surface area contributed by atoms with Gasteiger partial charge in [-0.25, -0.2) is 4.98 Å². The Morgan fingerprint density at radius 2 is 1.76 bits per heavy atom. The van der Waals surface area contributed by atoms with Crippen LogP contribution in [0.25, 0.3) is 0 Å². The van der Waals surface area contributed by atoms with Crippen molar-refractivity contribution in [2.75, 3.05) is 30.4 Å². The molecule has 0 saturated heterocycles. The predicted molar refractivity (Wildman–Crippen MR) is 67.3 cm³/mol. The molecule has 0 aliphatic heterocycles. The number of halogens is 6. The van der Waals surface area contributed by atoms with Gasteiger partial charge in [0.2, 0.25) is 0 Å². The standard InChI is InChI=1S/C12H15F6N3/c1-3-19-9-6-8(12(16,17)18)7-10(20-9)21(2)5-4-11(13,14)15/h6-7H,3-5H2,1-2H3,(H,19,20). The second-order valence-corrected chi connectivity index (χ2v) is 4.41. The third kappa shape index (κ3) is 5.68. The zero-order valence-electron chi connectivity index (χ0n) is 11.4. The van der Waals surface area contributed by atoms with Gasteiger partial charge in [-0.2, -0.15) is 26.3 Å². The first-order chi connectivity index (χ1) is 9.53. The molecular weight excluding hydrogens is 300 g/mol. The lowest BCUT2D eigenvalue weighted by Gasteiger charge is -2.21. The van der Waals surface area contributed by atoms with Crippen LogP contribution < -0.4 is 10.2 Å². The van der Waals surface area contributed by atoms with Gasteiger partial charge >= 0.3 is 12.4 Å². The second-order valence-electron chi connectivity index (χ2n) is 4.41. The lowest BCUT2D eigenvalue weighted by Crippen LogP contribution is -2.25. The van der Waals surface area contributed by atoms with Crippen LogP contribution in [-0.2, 0) is 6.18 Å². The van der Waals surface area contributed by atoms with Crippen molar-refractivity contribution in [1.82, 2.24) is 4.98 Å². The number of hydrogen-bond acceptors (Lipinski definition) is 3. The summed E-state index contributed by atoms with van der Waals surface area (Å²) < 4.78 is 74.8. The van der Waals surface area contributed by atoms with Gasteiger partial charge in [0, 0.05) is 20.1 Å². The number of hydrogen-bond donors (Lipinski definition) is 1. The van der Waals surface area contributed by atoms with Gasteiger partial charge in [-0.05, 0) is 19.1 Å². The maximum Gasteiger partial charge on any atom is 0.416 e. The zero-order valence-corrected chi connectivity index (χ0v) is 11.4. The first kappa shape index (κ1) is 17.4. The maximum atomic E-state index is 12.8. The minimum Gasteiger partial charge on any atom is -0.370 e. The van der Waals surface area contributed by atoms with E-state index in [-0.39, 0.29) is 11.6 Å². The van der Waals surface area contributed by atoms with Crippen molar-refractivity contribution >= 4 is 11.6 Å². The molecule has 1 aromatic rings. The Morgan fingerprint density at radius 3 is 2.24 bits per heavy atom. The minimum atomic E-state index is -4.59. The topological polar surface area (TPSA) is 28.2 Å². The smallest absolute Gasteiger partial charge is 0.370 e. The van der Waals surface area contributed by atoms with E-state index in [9.17, 15) is 26.3 Å². The molecule has 3 nitrogen and oxygen atoms in total. The van der Waals surface area contributed by atoms with Crippen LogP contribution in [0.1, 0.15) is 18.9 Å². The summed E-state index contributed by atoms with van der Waals surface area (Å²) in [5.74, 6) is -0.189. The number of rotatable bonds is 5. The van der Waals surface area contributed by atoms with Crippen molar-refractivity contribution in [3.63, 3.8) is 0 Å². The van der Waals surface area contributed by atoms with Crippen molar-refractivity contribution < 1.29 is 26.3 Å². The summed E-state index contributed by atoms with van der Waals surface area (Å²) in [5.41, 5.74) is -0.956. The van der Waals surface area contributed by atoms with Gasteiger partial charge in [0.05, 0.1) is 12.0 Å². The number of nitrogens with one attached hydrogen (secondary N) is 1. The van der Waals surface area contributed by atoms with E-state index < -0.39 is 30.9 Å². The molecule has 0 aliphatic carbocycles. The highest BCUT2D eigenvalue weighted by Crippen LogP contribution is 2.33. The van der Waals surface area contributed by atoms with Crippen molar-refractivity contribution in [3.05, 3.63) is 17.7 Å². The Kier molecular flexibility index (Phi) is 5.30. The summed E-state index contributed by atoms with van der Waals surface area (Å²) in [6.07, 6.45) is -10.1. The average Bonchev–Trinajstić information content (AvgIpc) is 2.34. The summed E-state index contributed by atoms with van der Waals surface area (Å²) in [7, 11) is 1.27. The molecule has 120 valence electrons. The van der Waals surface area contributed by atoms with Crippen LogP contribution in [0, 0.1) is 0 Å². The second kappa shape index (κ2) is 6.40. The molecule has 21 heavy (non-hydrogen) atoms. The van der Waals surface area contributed by atoms with Gasteiger partial charge < -0.3 is 10.2 Å². The number of pyridine rings is 1. The SMILES string of the molecule is CCNc1cc(C(F)(F)F)cc(N(C)CCC(F)(F)F)n1. The Balaban J connectivity index is 3.02. The highest BCUT2D eigenvalue weighted by atomic mass is 19.4. The summed E-state index contributed by atoms with van der Waals surface area (Å²) in [6.45, 7) is 1.55. The number of nitrogens with zero attached hydrogens (tertiary/aromatic N) is 2.